The molecule has 0 unspecified atom stereocenters. The van der Waals surface area contributed by atoms with Crippen LogP contribution in [0.5, 0.6) is 0 Å². The molecule has 7 nitrogen and oxygen atoms in total. The maximum absolute atomic E-state index is 12.9. The number of rotatable bonds is 5. The zero-order chi connectivity index (χ0) is 23.0. The van der Waals surface area contributed by atoms with Crippen LogP contribution in [-0.2, 0) is 6.18 Å². The first-order valence-electron chi connectivity index (χ1n) is 9.13. The van der Waals surface area contributed by atoms with Gasteiger partial charge in [-0.15, -0.1) is 0 Å². The molecule has 3 rings (SSSR count). The van der Waals surface area contributed by atoms with Gasteiger partial charge in [-0.25, -0.2) is 0 Å². The number of nitrogens with zero attached hydrogens (tertiary/aromatic N) is 3. The molecule has 1 amide bonds. The molecule has 0 spiro atoms. The van der Waals surface area contributed by atoms with E-state index in [-0.39, 0.29) is 16.8 Å². The van der Waals surface area contributed by atoms with Crippen molar-refractivity contribution < 1.29 is 23.1 Å². The number of carbonyl (C=O) groups is 1. The number of benzene rings is 1. The van der Waals surface area contributed by atoms with Crippen LogP contribution in [0.3, 0.4) is 0 Å². The number of amides is 1. The van der Waals surface area contributed by atoms with Gasteiger partial charge in [0.05, 0.1) is 34.8 Å². The smallest absolute Gasteiger partial charge is 0.388 e. The van der Waals surface area contributed by atoms with E-state index in [4.69, 9.17) is 0 Å². The lowest BCUT2D eigenvalue weighted by molar-refractivity contribution is -0.137. The molecule has 3 aromatic rings. The van der Waals surface area contributed by atoms with Crippen molar-refractivity contribution in [3.63, 3.8) is 0 Å². The van der Waals surface area contributed by atoms with E-state index in [1.807, 2.05) is 0 Å². The van der Waals surface area contributed by atoms with Crippen LogP contribution >= 0.6 is 11.5 Å². The summed E-state index contributed by atoms with van der Waals surface area (Å²) < 4.78 is 43.5. The number of halogens is 3. The first kappa shape index (κ1) is 22.6. The van der Waals surface area contributed by atoms with Gasteiger partial charge in [0.2, 0.25) is 0 Å². The van der Waals surface area contributed by atoms with Crippen LogP contribution in [0, 0.1) is 0 Å². The molecule has 0 aliphatic carbocycles. The van der Waals surface area contributed by atoms with Crippen LogP contribution in [0.2, 0.25) is 0 Å². The maximum atomic E-state index is 12.9. The van der Waals surface area contributed by atoms with Crippen molar-refractivity contribution in [3.8, 4) is 16.9 Å². The summed E-state index contributed by atoms with van der Waals surface area (Å²) in [6, 6.07) is 4.76. The molecule has 0 aliphatic rings. The largest absolute Gasteiger partial charge is 0.416 e. The summed E-state index contributed by atoms with van der Waals surface area (Å²) in [4.78, 5) is 25.7. The fraction of sp³-hybridized carbons (Fsp3) is 0.300. The van der Waals surface area contributed by atoms with Crippen molar-refractivity contribution in [2.24, 2.45) is 0 Å². The van der Waals surface area contributed by atoms with Crippen molar-refractivity contribution in [1.82, 2.24) is 19.5 Å². The summed E-state index contributed by atoms with van der Waals surface area (Å²) in [5.74, 6) is -0.743. The SMILES string of the molecule is C[C@H](NC(=O)c1cc(-c2ccc(C(F)(F)F)cc2)nn(-c2cnsc2)c1=O)C(C)(C)O. The molecule has 1 aromatic carbocycles. The Morgan fingerprint density at radius 3 is 2.39 bits per heavy atom. The summed E-state index contributed by atoms with van der Waals surface area (Å²) in [6.45, 7) is 4.60. The zero-order valence-corrected chi connectivity index (χ0v) is 17.6. The van der Waals surface area contributed by atoms with Gasteiger partial charge < -0.3 is 10.4 Å². The van der Waals surface area contributed by atoms with E-state index in [2.05, 4.69) is 14.8 Å². The van der Waals surface area contributed by atoms with Crippen LogP contribution in [0.4, 0.5) is 13.2 Å². The molecule has 0 radical (unpaired) electrons. The quantitative estimate of drug-likeness (QED) is 0.619. The van der Waals surface area contributed by atoms with Crippen molar-refractivity contribution in [3.05, 3.63) is 63.4 Å². The minimum Gasteiger partial charge on any atom is -0.388 e. The van der Waals surface area contributed by atoms with Gasteiger partial charge in [0.1, 0.15) is 5.56 Å². The van der Waals surface area contributed by atoms with Crippen LogP contribution in [-0.4, -0.2) is 36.8 Å². The summed E-state index contributed by atoms with van der Waals surface area (Å²) in [6.07, 6.45) is -3.11. The predicted molar refractivity (Wildman–Crippen MR) is 109 cm³/mol. The highest BCUT2D eigenvalue weighted by Gasteiger charge is 2.30. The second-order valence-corrected chi connectivity index (χ2v) is 8.12. The average Bonchev–Trinajstić information content (AvgIpc) is 3.21. The molecule has 2 heterocycles. The third-order valence-corrected chi connectivity index (χ3v) is 5.31. The lowest BCUT2D eigenvalue weighted by atomic mass is 10.0. The molecule has 0 saturated carbocycles. The molecule has 2 aromatic heterocycles. The molecule has 31 heavy (non-hydrogen) atoms. The minimum absolute atomic E-state index is 0.126. The van der Waals surface area contributed by atoms with Gasteiger partial charge in [0.25, 0.3) is 11.5 Å². The molecule has 11 heteroatoms. The van der Waals surface area contributed by atoms with Crippen LogP contribution < -0.4 is 10.9 Å². The van der Waals surface area contributed by atoms with Gasteiger partial charge in [-0.05, 0) is 50.5 Å². The van der Waals surface area contributed by atoms with Gasteiger partial charge >= 0.3 is 6.18 Å². The van der Waals surface area contributed by atoms with Gasteiger partial charge in [-0.1, -0.05) is 12.1 Å². The third-order valence-electron chi connectivity index (χ3n) is 4.74. The normalized spacial score (nSPS) is 13.1. The molecule has 0 bridgehead atoms. The van der Waals surface area contributed by atoms with E-state index in [0.717, 1.165) is 28.3 Å². The Morgan fingerprint density at radius 1 is 1.23 bits per heavy atom. The number of aliphatic hydroxyl groups is 1. The van der Waals surface area contributed by atoms with E-state index in [1.54, 1.807) is 12.3 Å². The molecule has 0 saturated heterocycles. The van der Waals surface area contributed by atoms with Crippen LogP contribution in [0.25, 0.3) is 16.9 Å². The highest BCUT2D eigenvalue weighted by Crippen LogP contribution is 2.30. The molecule has 0 fully saturated rings. The average molecular weight is 452 g/mol. The van der Waals surface area contributed by atoms with Gasteiger partial charge in [0, 0.05) is 10.9 Å². The Bertz CT molecular complexity index is 1130. The Hall–Kier alpha value is -3.05. The Balaban J connectivity index is 2.10. The Morgan fingerprint density at radius 2 is 1.87 bits per heavy atom. The molecular formula is C20H19F3N4O3S. The summed E-state index contributed by atoms with van der Waals surface area (Å²) in [5, 5.41) is 18.4. The van der Waals surface area contributed by atoms with Gasteiger partial charge in [-0.2, -0.15) is 27.3 Å². The minimum atomic E-state index is -4.49. The number of hydrogen-bond donors (Lipinski definition) is 2. The number of nitrogens with one attached hydrogen (secondary N) is 1. The standard InChI is InChI=1S/C20H19F3N4O3S/c1-11(19(2,3)30)25-17(28)15-8-16(12-4-6-13(7-5-12)20(21,22)23)26-27(18(15)29)14-9-24-31-10-14/h4-11,30H,1-3H3,(H,25,28)/t11-/m0/s1. The van der Waals surface area contributed by atoms with E-state index in [9.17, 15) is 27.9 Å². The third kappa shape index (κ3) is 5.00. The highest BCUT2D eigenvalue weighted by molar-refractivity contribution is 7.03. The summed E-state index contributed by atoms with van der Waals surface area (Å²) in [7, 11) is 0. The first-order chi connectivity index (χ1) is 14.4. The Kier molecular flexibility index (Phi) is 6.01. The van der Waals surface area contributed by atoms with Gasteiger partial charge in [0.15, 0.2) is 0 Å². The van der Waals surface area contributed by atoms with Crippen molar-refractivity contribution in [2.75, 3.05) is 0 Å². The lowest BCUT2D eigenvalue weighted by Crippen LogP contribution is -2.48. The summed E-state index contributed by atoms with van der Waals surface area (Å²) >= 11 is 1.07. The molecule has 2 N–H and O–H groups in total. The highest BCUT2D eigenvalue weighted by atomic mass is 32.1. The van der Waals surface area contributed by atoms with E-state index < -0.39 is 34.8 Å². The number of hydrogen-bond acceptors (Lipinski definition) is 6. The van der Waals surface area contributed by atoms with Crippen LogP contribution in [0.15, 0.2) is 46.7 Å². The second-order valence-electron chi connectivity index (χ2n) is 7.47. The Labute approximate surface area is 179 Å². The second kappa shape index (κ2) is 8.23. The fourth-order valence-electron chi connectivity index (χ4n) is 2.56. The monoisotopic (exact) mass is 452 g/mol. The van der Waals surface area contributed by atoms with Crippen LogP contribution in [0.1, 0.15) is 36.7 Å². The van der Waals surface area contributed by atoms with Gasteiger partial charge in [-0.3, -0.25) is 9.59 Å². The van der Waals surface area contributed by atoms with Crippen molar-refractivity contribution >= 4 is 17.4 Å². The number of alkyl halides is 3. The van der Waals surface area contributed by atoms with E-state index >= 15 is 0 Å². The van der Waals surface area contributed by atoms with E-state index in [1.165, 1.54) is 38.2 Å². The molecular weight excluding hydrogens is 433 g/mol. The number of aromatic nitrogens is 3. The molecule has 0 aliphatic heterocycles. The lowest BCUT2D eigenvalue weighted by Gasteiger charge is -2.26. The van der Waals surface area contributed by atoms with Crippen molar-refractivity contribution in [1.29, 1.82) is 0 Å². The zero-order valence-electron chi connectivity index (χ0n) is 16.8. The fourth-order valence-corrected chi connectivity index (χ4v) is 3.06. The molecule has 1 atom stereocenters. The summed E-state index contributed by atoms with van der Waals surface area (Å²) in [5.41, 5.74) is -2.34. The number of carbonyl (C=O) groups excluding carboxylic acids is 1. The topological polar surface area (TPSA) is 97.1 Å². The maximum Gasteiger partial charge on any atom is 0.416 e. The van der Waals surface area contributed by atoms with E-state index in [0.29, 0.717) is 5.69 Å². The first-order valence-corrected chi connectivity index (χ1v) is 9.96. The van der Waals surface area contributed by atoms with Crippen molar-refractivity contribution in [2.45, 2.75) is 38.6 Å². The predicted octanol–water partition coefficient (Wildman–Crippen LogP) is 3.26. The molecule has 164 valence electrons.